The second-order valence-corrected chi connectivity index (χ2v) is 4.16. The molecule has 1 heterocycles. The van der Waals surface area contributed by atoms with E-state index in [2.05, 4.69) is 6.07 Å². The van der Waals surface area contributed by atoms with Gasteiger partial charge >= 0.3 is 0 Å². The minimum absolute atomic E-state index is 0.119. The van der Waals surface area contributed by atoms with Crippen LogP contribution in [0.5, 0.6) is 5.75 Å². The lowest BCUT2D eigenvalue weighted by Gasteiger charge is -2.32. The van der Waals surface area contributed by atoms with Crippen LogP contribution in [0.3, 0.4) is 0 Å². The fourth-order valence-corrected chi connectivity index (χ4v) is 1.97. The Labute approximate surface area is 106 Å². The third-order valence-electron chi connectivity index (χ3n) is 2.91. The highest BCUT2D eigenvalue weighted by molar-refractivity contribution is 5.99. The van der Waals surface area contributed by atoms with Gasteiger partial charge in [0.25, 0.3) is 5.91 Å². The molecular formula is C13H15N3O2. The quantitative estimate of drug-likeness (QED) is 0.867. The molecule has 1 aliphatic heterocycles. The summed E-state index contributed by atoms with van der Waals surface area (Å²) in [5.74, 6) is 0.546. The zero-order chi connectivity index (χ0) is 13.1. The molecule has 0 aromatic heterocycles. The summed E-state index contributed by atoms with van der Waals surface area (Å²) in [6, 6.07) is 7.59. The molecule has 2 N–H and O–H groups in total. The molecule has 0 aliphatic carbocycles. The monoisotopic (exact) mass is 245 g/mol. The van der Waals surface area contributed by atoms with Crippen molar-refractivity contribution in [2.24, 2.45) is 5.73 Å². The van der Waals surface area contributed by atoms with Crippen LogP contribution in [0, 0.1) is 11.3 Å². The summed E-state index contributed by atoms with van der Waals surface area (Å²) < 4.78 is 5.54. The number of rotatable bonds is 3. The van der Waals surface area contributed by atoms with Crippen molar-refractivity contribution in [2.75, 3.05) is 11.4 Å². The molecule has 0 bridgehead atoms. The number of fused-ring (bicyclic) bond motifs is 1. The van der Waals surface area contributed by atoms with E-state index in [1.165, 1.54) is 0 Å². The average molecular weight is 245 g/mol. The Morgan fingerprint density at radius 3 is 3.00 bits per heavy atom. The van der Waals surface area contributed by atoms with Crippen molar-refractivity contribution in [1.29, 1.82) is 5.26 Å². The third kappa shape index (κ3) is 2.15. The second kappa shape index (κ2) is 5.07. The standard InChI is InChI=1S/C13H15N3O2/c1-9-13(17)16(6-2-5-14)11-7-10(8-15)3-4-12(11)18-9/h3-4,7,9H,2,6,8,15H2,1H3. The van der Waals surface area contributed by atoms with Crippen LogP contribution in [-0.2, 0) is 11.3 Å². The highest BCUT2D eigenvalue weighted by atomic mass is 16.5. The first-order valence-electron chi connectivity index (χ1n) is 5.85. The van der Waals surface area contributed by atoms with E-state index in [0.717, 1.165) is 5.56 Å². The Kier molecular flexibility index (Phi) is 3.49. The minimum Gasteiger partial charge on any atom is -0.479 e. The van der Waals surface area contributed by atoms with Crippen molar-refractivity contribution in [1.82, 2.24) is 0 Å². The first kappa shape index (κ1) is 12.4. The number of hydrogen-bond donors (Lipinski definition) is 1. The third-order valence-corrected chi connectivity index (χ3v) is 2.91. The molecule has 2 rings (SSSR count). The molecule has 5 nitrogen and oxygen atoms in total. The average Bonchev–Trinajstić information content (AvgIpc) is 2.39. The summed E-state index contributed by atoms with van der Waals surface area (Å²) in [7, 11) is 0. The highest BCUT2D eigenvalue weighted by Gasteiger charge is 2.31. The van der Waals surface area contributed by atoms with Gasteiger partial charge in [0, 0.05) is 13.1 Å². The van der Waals surface area contributed by atoms with Crippen molar-refractivity contribution in [2.45, 2.75) is 26.0 Å². The molecule has 0 spiro atoms. The van der Waals surface area contributed by atoms with Crippen LogP contribution in [0.2, 0.25) is 0 Å². The molecular weight excluding hydrogens is 230 g/mol. The van der Waals surface area contributed by atoms with Crippen LogP contribution in [-0.4, -0.2) is 18.6 Å². The van der Waals surface area contributed by atoms with Gasteiger partial charge in [0.05, 0.1) is 18.2 Å². The molecule has 5 heteroatoms. The Morgan fingerprint density at radius 2 is 2.33 bits per heavy atom. The molecule has 94 valence electrons. The van der Waals surface area contributed by atoms with Crippen molar-refractivity contribution < 1.29 is 9.53 Å². The van der Waals surface area contributed by atoms with Crippen molar-refractivity contribution in [3.63, 3.8) is 0 Å². The Bertz CT molecular complexity index is 507. The number of nitriles is 1. The SMILES string of the molecule is CC1Oc2ccc(CN)cc2N(CCC#N)C1=O. The summed E-state index contributed by atoms with van der Waals surface area (Å²) in [4.78, 5) is 13.7. The first-order chi connectivity index (χ1) is 8.67. The fraction of sp³-hybridized carbons (Fsp3) is 0.385. The number of hydrogen-bond acceptors (Lipinski definition) is 4. The summed E-state index contributed by atoms with van der Waals surface area (Å²) in [6.07, 6.45) is -0.218. The van der Waals surface area contributed by atoms with E-state index < -0.39 is 6.10 Å². The maximum Gasteiger partial charge on any atom is 0.267 e. The Morgan fingerprint density at radius 1 is 1.56 bits per heavy atom. The molecule has 1 amide bonds. The molecule has 0 fully saturated rings. The van der Waals surface area contributed by atoms with Crippen molar-refractivity contribution >= 4 is 11.6 Å². The van der Waals surface area contributed by atoms with Crippen LogP contribution in [0.4, 0.5) is 5.69 Å². The largest absolute Gasteiger partial charge is 0.479 e. The van der Waals surface area contributed by atoms with Gasteiger partial charge in [0.2, 0.25) is 0 Å². The van der Waals surface area contributed by atoms with Gasteiger partial charge in [-0.1, -0.05) is 6.07 Å². The van der Waals surface area contributed by atoms with Gasteiger partial charge in [-0.05, 0) is 24.6 Å². The lowest BCUT2D eigenvalue weighted by atomic mass is 10.1. The van der Waals surface area contributed by atoms with Crippen LogP contribution in [0.25, 0.3) is 0 Å². The van der Waals surface area contributed by atoms with E-state index in [4.69, 9.17) is 15.7 Å². The van der Waals surface area contributed by atoms with Crippen LogP contribution >= 0.6 is 0 Å². The number of nitrogens with two attached hydrogens (primary N) is 1. The lowest BCUT2D eigenvalue weighted by molar-refractivity contribution is -0.125. The van der Waals surface area contributed by atoms with Gasteiger partial charge in [-0.3, -0.25) is 4.79 Å². The number of amides is 1. The molecule has 1 unspecified atom stereocenters. The molecule has 0 saturated carbocycles. The maximum absolute atomic E-state index is 12.1. The zero-order valence-corrected chi connectivity index (χ0v) is 10.2. The molecule has 1 aromatic rings. The fourth-order valence-electron chi connectivity index (χ4n) is 1.97. The van der Waals surface area contributed by atoms with Crippen LogP contribution < -0.4 is 15.4 Å². The molecule has 0 saturated heterocycles. The topological polar surface area (TPSA) is 79.3 Å². The summed E-state index contributed by atoms with van der Waals surface area (Å²) >= 11 is 0. The van der Waals surface area contributed by atoms with Gasteiger partial charge in [0.1, 0.15) is 5.75 Å². The number of benzene rings is 1. The van der Waals surface area contributed by atoms with Gasteiger partial charge in [0.15, 0.2) is 6.10 Å². The Balaban J connectivity index is 2.40. The van der Waals surface area contributed by atoms with Crippen molar-refractivity contribution in [3.8, 4) is 11.8 Å². The minimum atomic E-state index is -0.514. The smallest absolute Gasteiger partial charge is 0.267 e. The van der Waals surface area contributed by atoms with E-state index in [1.807, 2.05) is 18.2 Å². The maximum atomic E-state index is 12.1. The number of nitrogens with zero attached hydrogens (tertiary/aromatic N) is 2. The van der Waals surface area contributed by atoms with Crippen LogP contribution in [0.15, 0.2) is 18.2 Å². The summed E-state index contributed by atoms with van der Waals surface area (Å²) in [6.45, 7) is 2.49. The summed E-state index contributed by atoms with van der Waals surface area (Å²) in [5.41, 5.74) is 7.23. The van der Waals surface area contributed by atoms with Gasteiger partial charge in [-0.15, -0.1) is 0 Å². The molecule has 1 aliphatic rings. The normalized spacial score (nSPS) is 17.9. The second-order valence-electron chi connectivity index (χ2n) is 4.16. The number of carbonyl (C=O) groups excluding carboxylic acids is 1. The number of anilines is 1. The van der Waals surface area contributed by atoms with E-state index >= 15 is 0 Å². The summed E-state index contributed by atoms with van der Waals surface area (Å²) in [5, 5.41) is 8.66. The molecule has 18 heavy (non-hydrogen) atoms. The van der Waals surface area contributed by atoms with Gasteiger partial charge in [-0.2, -0.15) is 5.26 Å². The zero-order valence-electron chi connectivity index (χ0n) is 10.2. The molecule has 0 radical (unpaired) electrons. The number of carbonyl (C=O) groups is 1. The van der Waals surface area contributed by atoms with E-state index in [9.17, 15) is 4.79 Å². The first-order valence-corrected chi connectivity index (χ1v) is 5.85. The predicted octanol–water partition coefficient (Wildman–Crippen LogP) is 1.17. The highest BCUT2D eigenvalue weighted by Crippen LogP contribution is 2.34. The number of ether oxygens (including phenoxy) is 1. The molecule has 1 aromatic carbocycles. The van der Waals surface area contributed by atoms with E-state index in [-0.39, 0.29) is 5.91 Å². The predicted molar refractivity (Wildman–Crippen MR) is 67.0 cm³/mol. The van der Waals surface area contributed by atoms with E-state index in [1.54, 1.807) is 11.8 Å². The van der Waals surface area contributed by atoms with Crippen molar-refractivity contribution in [3.05, 3.63) is 23.8 Å². The molecule has 1 atom stereocenters. The van der Waals surface area contributed by atoms with Crippen LogP contribution in [0.1, 0.15) is 18.9 Å². The van der Waals surface area contributed by atoms with E-state index in [0.29, 0.717) is 30.9 Å². The van der Waals surface area contributed by atoms with Gasteiger partial charge < -0.3 is 15.4 Å². The lowest BCUT2D eigenvalue weighted by Crippen LogP contribution is -2.44. The Hall–Kier alpha value is -2.06. The van der Waals surface area contributed by atoms with Gasteiger partial charge in [-0.25, -0.2) is 0 Å².